The number of rotatable bonds is 3. The van der Waals surface area contributed by atoms with Crippen molar-refractivity contribution in [1.82, 2.24) is 20.4 Å². The van der Waals surface area contributed by atoms with Crippen LogP contribution >= 0.6 is 0 Å². The van der Waals surface area contributed by atoms with E-state index in [9.17, 15) is 18.0 Å². The number of hydrogen-bond acceptors (Lipinski definition) is 3. The number of nitrogens with one attached hydrogen (secondary N) is 2. The van der Waals surface area contributed by atoms with E-state index in [2.05, 4.69) is 15.5 Å². The van der Waals surface area contributed by atoms with Crippen molar-refractivity contribution in [3.8, 4) is 0 Å². The molecular weight excluding hydrogens is 309 g/mol. The number of amides is 1. The van der Waals surface area contributed by atoms with E-state index < -0.39 is 12.7 Å². The molecule has 8 heteroatoms. The molecule has 5 nitrogen and oxygen atoms in total. The van der Waals surface area contributed by atoms with Crippen LogP contribution in [0.5, 0.6) is 0 Å². The number of piperidine rings is 1. The van der Waals surface area contributed by atoms with Gasteiger partial charge in [0.15, 0.2) is 5.69 Å². The van der Waals surface area contributed by atoms with Crippen LogP contribution in [0.25, 0.3) is 10.9 Å². The van der Waals surface area contributed by atoms with Gasteiger partial charge in [-0.15, -0.1) is 0 Å². The number of carbonyl (C=O) groups excluding carboxylic acids is 1. The van der Waals surface area contributed by atoms with Gasteiger partial charge in [0.25, 0.3) is 5.91 Å². The maximum Gasteiger partial charge on any atom is 0.401 e. The van der Waals surface area contributed by atoms with Crippen molar-refractivity contribution in [2.75, 3.05) is 19.6 Å². The fourth-order valence-corrected chi connectivity index (χ4v) is 2.88. The van der Waals surface area contributed by atoms with Crippen LogP contribution in [0.1, 0.15) is 23.3 Å². The number of nitrogens with zero attached hydrogens (tertiary/aromatic N) is 2. The molecule has 0 aliphatic carbocycles. The minimum atomic E-state index is -4.18. The zero-order valence-corrected chi connectivity index (χ0v) is 12.4. The molecule has 0 saturated carbocycles. The van der Waals surface area contributed by atoms with Crippen molar-refractivity contribution in [2.45, 2.75) is 25.1 Å². The van der Waals surface area contributed by atoms with Gasteiger partial charge in [0.2, 0.25) is 0 Å². The Morgan fingerprint density at radius 3 is 2.70 bits per heavy atom. The van der Waals surface area contributed by atoms with Crippen LogP contribution in [-0.4, -0.2) is 52.9 Å². The summed E-state index contributed by atoms with van der Waals surface area (Å²) in [6, 6.07) is 7.18. The Kier molecular flexibility index (Phi) is 4.25. The average molecular weight is 326 g/mol. The highest BCUT2D eigenvalue weighted by Crippen LogP contribution is 2.20. The van der Waals surface area contributed by atoms with Crippen LogP contribution in [-0.2, 0) is 0 Å². The lowest BCUT2D eigenvalue weighted by Gasteiger charge is -2.32. The fourth-order valence-electron chi connectivity index (χ4n) is 2.88. The van der Waals surface area contributed by atoms with Crippen LogP contribution < -0.4 is 5.32 Å². The second-order valence-electron chi connectivity index (χ2n) is 5.76. The van der Waals surface area contributed by atoms with Crippen molar-refractivity contribution in [3.05, 3.63) is 30.0 Å². The van der Waals surface area contributed by atoms with Gasteiger partial charge < -0.3 is 5.32 Å². The zero-order chi connectivity index (χ0) is 16.4. The van der Waals surface area contributed by atoms with Crippen molar-refractivity contribution in [2.24, 2.45) is 0 Å². The first-order valence-corrected chi connectivity index (χ1v) is 7.45. The molecular formula is C15H17F3N4O. The van der Waals surface area contributed by atoms with Gasteiger partial charge in [0.1, 0.15) is 0 Å². The number of H-pyrrole nitrogens is 1. The monoisotopic (exact) mass is 326 g/mol. The predicted molar refractivity (Wildman–Crippen MR) is 79.1 cm³/mol. The predicted octanol–water partition coefficient (Wildman–Crippen LogP) is 2.32. The summed E-state index contributed by atoms with van der Waals surface area (Å²) in [5, 5.41) is 10.4. The number of aromatic amines is 1. The summed E-state index contributed by atoms with van der Waals surface area (Å²) in [6.45, 7) is -0.241. The quantitative estimate of drug-likeness (QED) is 0.910. The average Bonchev–Trinajstić information content (AvgIpc) is 2.92. The van der Waals surface area contributed by atoms with Crippen molar-refractivity contribution >= 4 is 16.8 Å². The summed E-state index contributed by atoms with van der Waals surface area (Å²) in [7, 11) is 0. The van der Waals surface area contributed by atoms with E-state index in [0.29, 0.717) is 31.6 Å². The highest BCUT2D eigenvalue weighted by Gasteiger charge is 2.32. The third kappa shape index (κ3) is 3.82. The first-order chi connectivity index (χ1) is 10.9. The summed E-state index contributed by atoms with van der Waals surface area (Å²) in [6.07, 6.45) is -3.17. The fraction of sp³-hybridized carbons (Fsp3) is 0.467. The number of hydrogen-bond donors (Lipinski definition) is 2. The normalized spacial score (nSPS) is 17.5. The summed E-state index contributed by atoms with van der Waals surface area (Å²) >= 11 is 0. The maximum atomic E-state index is 12.4. The first kappa shape index (κ1) is 15.8. The largest absolute Gasteiger partial charge is 0.401 e. The highest BCUT2D eigenvalue weighted by molar-refractivity contribution is 6.04. The van der Waals surface area contributed by atoms with E-state index in [1.807, 2.05) is 18.2 Å². The Labute approximate surface area is 130 Å². The van der Waals surface area contributed by atoms with Gasteiger partial charge in [-0.1, -0.05) is 18.2 Å². The number of fused-ring (bicyclic) bond motifs is 1. The second kappa shape index (κ2) is 6.19. The molecule has 1 aromatic heterocycles. The van der Waals surface area contributed by atoms with Crippen LogP contribution in [0.4, 0.5) is 13.2 Å². The number of carbonyl (C=O) groups is 1. The molecule has 1 saturated heterocycles. The molecule has 2 aromatic rings. The van der Waals surface area contributed by atoms with Gasteiger partial charge in [-0.2, -0.15) is 18.3 Å². The number of benzene rings is 1. The third-order valence-corrected chi connectivity index (χ3v) is 4.01. The molecule has 124 valence electrons. The van der Waals surface area contributed by atoms with Crippen LogP contribution in [0.2, 0.25) is 0 Å². The van der Waals surface area contributed by atoms with Gasteiger partial charge in [-0.25, -0.2) is 0 Å². The molecule has 1 aromatic carbocycles. The van der Waals surface area contributed by atoms with Gasteiger partial charge in [0, 0.05) is 24.5 Å². The van der Waals surface area contributed by atoms with E-state index in [1.54, 1.807) is 6.07 Å². The lowest BCUT2D eigenvalue weighted by Crippen LogP contribution is -2.47. The Morgan fingerprint density at radius 2 is 2.00 bits per heavy atom. The summed E-state index contributed by atoms with van der Waals surface area (Å²) in [5.41, 5.74) is 1.09. The lowest BCUT2D eigenvalue weighted by molar-refractivity contribution is -0.148. The van der Waals surface area contributed by atoms with Crippen LogP contribution in [0.3, 0.4) is 0 Å². The molecule has 1 aliphatic heterocycles. The molecule has 0 unspecified atom stereocenters. The molecule has 0 bridgehead atoms. The molecule has 1 fully saturated rings. The molecule has 23 heavy (non-hydrogen) atoms. The highest BCUT2D eigenvalue weighted by atomic mass is 19.4. The van der Waals surface area contributed by atoms with Gasteiger partial charge in [-0.05, 0) is 18.9 Å². The molecule has 2 N–H and O–H groups in total. The molecule has 0 radical (unpaired) electrons. The topological polar surface area (TPSA) is 61.0 Å². The summed E-state index contributed by atoms with van der Waals surface area (Å²) in [4.78, 5) is 13.7. The SMILES string of the molecule is O=C(NC1CCN(CC(F)(F)F)CC1)c1n[nH]c2ccccc12. The third-order valence-electron chi connectivity index (χ3n) is 4.01. The Bertz CT molecular complexity index is 689. The van der Waals surface area contributed by atoms with Gasteiger partial charge in [0.05, 0.1) is 12.1 Å². The number of para-hydroxylation sites is 1. The maximum absolute atomic E-state index is 12.4. The lowest BCUT2D eigenvalue weighted by atomic mass is 10.0. The zero-order valence-electron chi connectivity index (χ0n) is 12.4. The van der Waals surface area contributed by atoms with Crippen molar-refractivity contribution < 1.29 is 18.0 Å². The molecule has 2 heterocycles. The number of alkyl halides is 3. The summed E-state index contributed by atoms with van der Waals surface area (Å²) in [5.74, 6) is -0.295. The number of likely N-dealkylation sites (tertiary alicyclic amines) is 1. The number of halogens is 3. The van der Waals surface area contributed by atoms with E-state index in [1.165, 1.54) is 4.90 Å². The minimum Gasteiger partial charge on any atom is -0.348 e. The van der Waals surface area contributed by atoms with Gasteiger partial charge in [-0.3, -0.25) is 14.8 Å². The standard InChI is InChI=1S/C15H17F3N4O/c16-15(17,18)9-22-7-5-10(6-8-22)19-14(23)13-11-3-1-2-4-12(11)20-21-13/h1-4,10H,5-9H2,(H,19,23)(H,20,21). The molecule has 3 rings (SSSR count). The molecule has 1 amide bonds. The van der Waals surface area contributed by atoms with E-state index in [4.69, 9.17) is 0 Å². The summed E-state index contributed by atoms with van der Waals surface area (Å²) < 4.78 is 37.1. The number of aromatic nitrogens is 2. The first-order valence-electron chi connectivity index (χ1n) is 7.45. The smallest absolute Gasteiger partial charge is 0.348 e. The molecule has 0 atom stereocenters. The molecule has 1 aliphatic rings. The van der Waals surface area contributed by atoms with Crippen LogP contribution in [0, 0.1) is 0 Å². The Hall–Kier alpha value is -2.09. The molecule has 0 spiro atoms. The Balaban J connectivity index is 1.57. The van der Waals surface area contributed by atoms with E-state index >= 15 is 0 Å². The van der Waals surface area contributed by atoms with E-state index in [0.717, 1.165) is 10.9 Å². The van der Waals surface area contributed by atoms with Gasteiger partial charge >= 0.3 is 6.18 Å². The second-order valence-corrected chi connectivity index (χ2v) is 5.76. The van der Waals surface area contributed by atoms with E-state index in [-0.39, 0.29) is 11.9 Å². The minimum absolute atomic E-state index is 0.123. The van der Waals surface area contributed by atoms with Crippen molar-refractivity contribution in [3.63, 3.8) is 0 Å². The van der Waals surface area contributed by atoms with Crippen LogP contribution in [0.15, 0.2) is 24.3 Å². The van der Waals surface area contributed by atoms with Crippen molar-refractivity contribution in [1.29, 1.82) is 0 Å². The Morgan fingerprint density at radius 1 is 1.30 bits per heavy atom.